The van der Waals surface area contributed by atoms with Gasteiger partial charge in [-0.1, -0.05) is 73.6 Å². The normalized spacial score (nSPS) is 20.7. The Morgan fingerprint density at radius 3 is 1.80 bits per heavy atom. The molecule has 25 heavy (non-hydrogen) atoms. The van der Waals surface area contributed by atoms with E-state index in [-0.39, 0.29) is 10.8 Å². The molecule has 0 aromatic carbocycles. The van der Waals surface area contributed by atoms with Crippen LogP contribution in [0.15, 0.2) is 0 Å². The fraction of sp³-hybridized carbons (Fsp3) is 0.905. The van der Waals surface area contributed by atoms with Gasteiger partial charge in [-0.15, -0.1) is 0 Å². The van der Waals surface area contributed by atoms with Crippen molar-refractivity contribution in [1.82, 2.24) is 0 Å². The highest BCUT2D eigenvalue weighted by Gasteiger charge is 2.53. The summed E-state index contributed by atoms with van der Waals surface area (Å²) in [5, 5.41) is 20.3. The van der Waals surface area contributed by atoms with Crippen molar-refractivity contribution in [3.05, 3.63) is 0 Å². The van der Waals surface area contributed by atoms with Gasteiger partial charge in [0.05, 0.1) is 11.3 Å². The molecule has 1 rings (SSSR count). The highest BCUT2D eigenvalue weighted by atomic mass is 16.4. The number of hydrogen-bond acceptors (Lipinski definition) is 2. The third-order valence-corrected chi connectivity index (χ3v) is 5.43. The molecule has 0 aromatic heterocycles. The zero-order chi connectivity index (χ0) is 19.5. The Morgan fingerprint density at radius 2 is 1.44 bits per heavy atom. The number of aliphatic carboxylic acids is 2. The van der Waals surface area contributed by atoms with E-state index in [0.29, 0.717) is 25.2 Å². The maximum atomic E-state index is 12.5. The predicted octanol–water partition coefficient (Wildman–Crippen LogP) is 5.60. The summed E-state index contributed by atoms with van der Waals surface area (Å²) in [6.45, 7) is 12.0. The van der Waals surface area contributed by atoms with E-state index in [1.807, 2.05) is 41.5 Å². The van der Waals surface area contributed by atoms with E-state index < -0.39 is 23.3 Å². The van der Waals surface area contributed by atoms with Crippen LogP contribution in [-0.4, -0.2) is 22.2 Å². The summed E-state index contributed by atoms with van der Waals surface area (Å²) < 4.78 is 0. The summed E-state index contributed by atoms with van der Waals surface area (Å²) in [4.78, 5) is 24.7. The molecule has 2 unspecified atom stereocenters. The smallest absolute Gasteiger partial charge is 0.310 e. The highest BCUT2D eigenvalue weighted by molar-refractivity contribution is 5.83. The van der Waals surface area contributed by atoms with Crippen LogP contribution in [0, 0.1) is 28.1 Å². The van der Waals surface area contributed by atoms with Gasteiger partial charge in [0.1, 0.15) is 0 Å². The van der Waals surface area contributed by atoms with E-state index >= 15 is 0 Å². The molecular weight excluding hydrogens is 316 g/mol. The Morgan fingerprint density at radius 1 is 0.920 bits per heavy atom. The van der Waals surface area contributed by atoms with Gasteiger partial charge >= 0.3 is 11.9 Å². The van der Waals surface area contributed by atoms with E-state index in [1.165, 1.54) is 6.42 Å². The van der Waals surface area contributed by atoms with Crippen molar-refractivity contribution < 1.29 is 19.8 Å². The average molecular weight is 355 g/mol. The zero-order valence-corrected chi connectivity index (χ0v) is 17.0. The number of carboxylic acids is 2. The lowest BCUT2D eigenvalue weighted by Gasteiger charge is -2.43. The van der Waals surface area contributed by atoms with Gasteiger partial charge in [0.2, 0.25) is 0 Å². The minimum Gasteiger partial charge on any atom is -0.481 e. The van der Waals surface area contributed by atoms with Gasteiger partial charge in [0, 0.05) is 0 Å². The van der Waals surface area contributed by atoms with Crippen LogP contribution in [0.1, 0.15) is 92.9 Å². The molecule has 2 atom stereocenters. The maximum Gasteiger partial charge on any atom is 0.310 e. The quantitative estimate of drug-likeness (QED) is 0.624. The molecule has 146 valence electrons. The van der Waals surface area contributed by atoms with Crippen LogP contribution in [-0.2, 0) is 9.59 Å². The van der Waals surface area contributed by atoms with Crippen LogP contribution >= 0.6 is 0 Å². The first kappa shape index (κ1) is 22.0. The zero-order valence-electron chi connectivity index (χ0n) is 17.0. The summed E-state index contributed by atoms with van der Waals surface area (Å²) >= 11 is 0. The van der Waals surface area contributed by atoms with Crippen LogP contribution in [0.25, 0.3) is 0 Å². The third-order valence-electron chi connectivity index (χ3n) is 5.43. The number of rotatable bonds is 7. The van der Waals surface area contributed by atoms with Crippen molar-refractivity contribution in [1.29, 1.82) is 0 Å². The molecule has 1 aliphatic rings. The monoisotopic (exact) mass is 354 g/mol. The molecule has 0 amide bonds. The van der Waals surface area contributed by atoms with Gasteiger partial charge < -0.3 is 10.2 Å². The summed E-state index contributed by atoms with van der Waals surface area (Å²) in [6, 6.07) is 0. The Balaban J connectivity index is 3.33. The Bertz CT molecular complexity index is 463. The van der Waals surface area contributed by atoms with Gasteiger partial charge in [-0.2, -0.15) is 0 Å². The van der Waals surface area contributed by atoms with Crippen LogP contribution in [0.5, 0.6) is 0 Å². The second kappa shape index (κ2) is 8.09. The fourth-order valence-electron chi connectivity index (χ4n) is 4.63. The molecule has 1 fully saturated rings. The summed E-state index contributed by atoms with van der Waals surface area (Å²) in [7, 11) is 0. The van der Waals surface area contributed by atoms with Gasteiger partial charge in [-0.25, -0.2) is 0 Å². The molecule has 1 aliphatic carbocycles. The lowest BCUT2D eigenvalue weighted by atomic mass is 9.58. The van der Waals surface area contributed by atoms with Crippen LogP contribution in [0.3, 0.4) is 0 Å². The molecule has 4 heteroatoms. The molecule has 4 nitrogen and oxygen atoms in total. The first-order valence-electron chi connectivity index (χ1n) is 9.73. The standard InChI is InChI=1S/C21H38O4/c1-19(2,3)13-16(17(22)23)21(18(24)25,14-20(4,5)6)12-15-10-8-7-9-11-15/h15-16H,7-14H2,1-6H3,(H,22,23)(H,24,25). The SMILES string of the molecule is CC(C)(C)CC(C(=O)O)C(CC1CCCCC1)(CC(C)(C)C)C(=O)O. The molecule has 0 aliphatic heterocycles. The molecule has 0 bridgehead atoms. The van der Waals surface area contributed by atoms with Crippen molar-refractivity contribution in [2.75, 3.05) is 0 Å². The predicted molar refractivity (Wildman–Crippen MR) is 101 cm³/mol. The second-order valence-corrected chi connectivity index (χ2v) is 10.6. The minimum atomic E-state index is -1.20. The van der Waals surface area contributed by atoms with E-state index in [0.717, 1.165) is 25.7 Å². The van der Waals surface area contributed by atoms with Crippen LogP contribution in [0.2, 0.25) is 0 Å². The molecular formula is C21H38O4. The van der Waals surface area contributed by atoms with Crippen LogP contribution in [0.4, 0.5) is 0 Å². The summed E-state index contributed by atoms with van der Waals surface area (Å²) in [5.74, 6) is -2.41. The van der Waals surface area contributed by atoms with E-state index in [4.69, 9.17) is 0 Å². The lowest BCUT2D eigenvalue weighted by Crippen LogP contribution is -2.48. The van der Waals surface area contributed by atoms with E-state index in [2.05, 4.69) is 0 Å². The summed E-state index contributed by atoms with van der Waals surface area (Å²) in [5.41, 5.74) is -1.66. The fourth-order valence-corrected chi connectivity index (χ4v) is 4.63. The van der Waals surface area contributed by atoms with Crippen molar-refractivity contribution in [2.24, 2.45) is 28.1 Å². The van der Waals surface area contributed by atoms with Gasteiger partial charge in [-0.3, -0.25) is 9.59 Å². The number of carboxylic acid groups (broad SMARTS) is 2. The molecule has 0 radical (unpaired) electrons. The minimum absolute atomic E-state index is 0.228. The largest absolute Gasteiger partial charge is 0.481 e. The number of hydrogen-bond donors (Lipinski definition) is 2. The first-order chi connectivity index (χ1) is 11.3. The lowest BCUT2D eigenvalue weighted by molar-refractivity contribution is -0.169. The second-order valence-electron chi connectivity index (χ2n) is 10.6. The molecule has 1 saturated carbocycles. The molecule has 0 saturated heterocycles. The topological polar surface area (TPSA) is 74.6 Å². The Hall–Kier alpha value is -1.06. The van der Waals surface area contributed by atoms with E-state index in [9.17, 15) is 19.8 Å². The third kappa shape index (κ3) is 6.63. The van der Waals surface area contributed by atoms with Gasteiger partial charge in [-0.05, 0) is 36.0 Å². The van der Waals surface area contributed by atoms with Gasteiger partial charge in [0.25, 0.3) is 0 Å². The van der Waals surface area contributed by atoms with Crippen molar-refractivity contribution in [2.45, 2.75) is 92.9 Å². The molecule has 0 heterocycles. The highest BCUT2D eigenvalue weighted by Crippen LogP contribution is 2.50. The van der Waals surface area contributed by atoms with Crippen LogP contribution < -0.4 is 0 Å². The molecule has 0 aromatic rings. The van der Waals surface area contributed by atoms with Gasteiger partial charge in [0.15, 0.2) is 0 Å². The summed E-state index contributed by atoms with van der Waals surface area (Å²) in [6.07, 6.45) is 6.81. The average Bonchev–Trinajstić information content (AvgIpc) is 2.42. The van der Waals surface area contributed by atoms with E-state index in [1.54, 1.807) is 0 Å². The molecule has 0 spiro atoms. The first-order valence-corrected chi connectivity index (χ1v) is 9.73. The van der Waals surface area contributed by atoms with Crippen molar-refractivity contribution in [3.8, 4) is 0 Å². The maximum absolute atomic E-state index is 12.5. The Labute approximate surface area is 153 Å². The van der Waals surface area contributed by atoms with Crippen molar-refractivity contribution >= 4 is 11.9 Å². The molecule has 2 N–H and O–H groups in total. The van der Waals surface area contributed by atoms with Crippen molar-refractivity contribution in [3.63, 3.8) is 0 Å². The number of carbonyl (C=O) groups is 2. The Kier molecular flexibility index (Phi) is 7.12.